The smallest absolute Gasteiger partial charge is 0.178 e. The molecular weight excluding hydrogens is 222 g/mol. The molecule has 0 radical (unpaired) electrons. The van der Waals surface area contributed by atoms with Gasteiger partial charge < -0.3 is 10.8 Å². The Balaban J connectivity index is 2.56. The number of aliphatic hydroxyl groups excluding tert-OH is 1. The van der Waals surface area contributed by atoms with E-state index in [9.17, 15) is 5.11 Å². The van der Waals surface area contributed by atoms with Crippen LogP contribution in [0, 0.1) is 0 Å². The maximum Gasteiger partial charge on any atom is 0.178 e. The molecule has 1 unspecified atom stereocenters. The third-order valence-electron chi connectivity index (χ3n) is 1.52. The molecule has 0 saturated carbocycles. The van der Waals surface area contributed by atoms with Crippen molar-refractivity contribution in [2.75, 3.05) is 0 Å². The lowest BCUT2D eigenvalue weighted by Gasteiger charge is -2.13. The van der Waals surface area contributed by atoms with Crippen LogP contribution in [0.2, 0.25) is 5.02 Å². The van der Waals surface area contributed by atoms with E-state index in [1.807, 2.05) is 0 Å². The van der Waals surface area contributed by atoms with Crippen molar-refractivity contribution < 1.29 is 5.11 Å². The van der Waals surface area contributed by atoms with Gasteiger partial charge in [-0.15, -0.1) is 0 Å². The van der Waals surface area contributed by atoms with Gasteiger partial charge in [-0.1, -0.05) is 23.7 Å². The van der Waals surface area contributed by atoms with Crippen LogP contribution in [0.4, 0.5) is 0 Å². The fraction of sp³-hybridized carbons (Fsp3) is 0.125. The van der Waals surface area contributed by atoms with Gasteiger partial charge in [0.1, 0.15) is 6.23 Å². The number of hydrogen-bond acceptors (Lipinski definition) is 3. The van der Waals surface area contributed by atoms with Crippen molar-refractivity contribution >= 4 is 28.9 Å². The van der Waals surface area contributed by atoms with Crippen molar-refractivity contribution in [1.29, 1.82) is 0 Å². The first-order valence-corrected chi connectivity index (χ1v) is 4.62. The molecule has 0 heterocycles. The molecule has 1 aromatic carbocycles. The second-order valence-electron chi connectivity index (χ2n) is 2.59. The first-order valence-electron chi connectivity index (χ1n) is 3.84. The Kier molecular flexibility index (Phi) is 4.09. The zero-order valence-electron chi connectivity index (χ0n) is 7.20. The lowest BCUT2D eigenvalue weighted by Crippen LogP contribution is -2.42. The van der Waals surface area contributed by atoms with Crippen LogP contribution in [0.1, 0.15) is 11.8 Å². The maximum atomic E-state index is 9.53. The molecule has 0 aliphatic carbocycles. The zero-order valence-corrected chi connectivity index (χ0v) is 8.77. The zero-order chi connectivity index (χ0) is 10.6. The van der Waals surface area contributed by atoms with Crippen LogP contribution in [-0.2, 0) is 0 Å². The Labute approximate surface area is 92.0 Å². The Morgan fingerprint density at radius 2 is 2.00 bits per heavy atom. The van der Waals surface area contributed by atoms with Crippen LogP contribution < -0.4 is 16.6 Å². The van der Waals surface area contributed by atoms with Gasteiger partial charge in [-0.3, -0.25) is 5.43 Å². The van der Waals surface area contributed by atoms with Crippen LogP contribution in [0.25, 0.3) is 0 Å². The number of hydrogen-bond donors (Lipinski definition) is 4. The minimum Gasteiger partial charge on any atom is -0.375 e. The molecule has 0 bridgehead atoms. The van der Waals surface area contributed by atoms with Crippen molar-refractivity contribution in [3.05, 3.63) is 34.9 Å². The molecule has 14 heavy (non-hydrogen) atoms. The normalized spacial score (nSPS) is 12.1. The standard InChI is InChI=1S/C8H10ClN3OS/c9-6-3-1-5(2-4-6)7(13)11-12-8(10)14/h1-4,7,11,13H,(H3,10,12,14). The molecule has 0 amide bonds. The van der Waals surface area contributed by atoms with Crippen LogP contribution in [-0.4, -0.2) is 10.2 Å². The van der Waals surface area contributed by atoms with Gasteiger partial charge in [-0.2, -0.15) is 0 Å². The predicted octanol–water partition coefficient (Wildman–Crippen LogP) is 0.669. The number of thiocarbonyl (C=S) groups is 1. The Hall–Kier alpha value is -0.880. The molecule has 1 atom stereocenters. The van der Waals surface area contributed by atoms with Gasteiger partial charge >= 0.3 is 0 Å². The van der Waals surface area contributed by atoms with E-state index in [4.69, 9.17) is 17.3 Å². The quantitative estimate of drug-likeness (QED) is 0.350. The Bertz CT molecular complexity index is 317. The van der Waals surface area contributed by atoms with E-state index in [1.165, 1.54) is 0 Å². The highest BCUT2D eigenvalue weighted by atomic mass is 35.5. The van der Waals surface area contributed by atoms with Gasteiger partial charge in [0.05, 0.1) is 0 Å². The second kappa shape index (κ2) is 5.11. The van der Waals surface area contributed by atoms with E-state index in [1.54, 1.807) is 24.3 Å². The summed E-state index contributed by atoms with van der Waals surface area (Å²) in [4.78, 5) is 0. The van der Waals surface area contributed by atoms with E-state index in [0.717, 1.165) is 0 Å². The van der Waals surface area contributed by atoms with Gasteiger partial charge in [0.25, 0.3) is 0 Å². The Morgan fingerprint density at radius 3 is 2.50 bits per heavy atom. The summed E-state index contributed by atoms with van der Waals surface area (Å²) in [5.41, 5.74) is 10.8. The number of nitrogens with one attached hydrogen (secondary N) is 2. The van der Waals surface area contributed by atoms with Crippen molar-refractivity contribution in [2.45, 2.75) is 6.23 Å². The molecule has 0 aliphatic rings. The van der Waals surface area contributed by atoms with Crippen LogP contribution >= 0.6 is 23.8 Å². The molecule has 0 aliphatic heterocycles. The summed E-state index contributed by atoms with van der Waals surface area (Å²) in [6.45, 7) is 0. The highest BCUT2D eigenvalue weighted by Gasteiger charge is 2.05. The molecular formula is C8H10ClN3OS. The van der Waals surface area contributed by atoms with E-state index in [2.05, 4.69) is 23.1 Å². The molecule has 76 valence electrons. The molecule has 0 fully saturated rings. The Morgan fingerprint density at radius 1 is 1.43 bits per heavy atom. The molecule has 4 nitrogen and oxygen atoms in total. The highest BCUT2D eigenvalue weighted by molar-refractivity contribution is 7.80. The fourth-order valence-electron chi connectivity index (χ4n) is 0.868. The number of benzene rings is 1. The third kappa shape index (κ3) is 3.47. The topological polar surface area (TPSA) is 70.3 Å². The summed E-state index contributed by atoms with van der Waals surface area (Å²) in [6.07, 6.45) is -0.881. The molecule has 1 aromatic rings. The van der Waals surface area contributed by atoms with E-state index in [0.29, 0.717) is 10.6 Å². The minimum absolute atomic E-state index is 0.0676. The third-order valence-corrected chi connectivity index (χ3v) is 1.87. The van der Waals surface area contributed by atoms with Gasteiger partial charge in [0, 0.05) is 5.02 Å². The fourth-order valence-corrected chi connectivity index (χ4v) is 1.05. The van der Waals surface area contributed by atoms with Crippen molar-refractivity contribution in [3.63, 3.8) is 0 Å². The average Bonchev–Trinajstić information content (AvgIpc) is 2.15. The summed E-state index contributed by atoms with van der Waals surface area (Å²) in [5.74, 6) is 0. The highest BCUT2D eigenvalue weighted by Crippen LogP contribution is 2.13. The summed E-state index contributed by atoms with van der Waals surface area (Å²) >= 11 is 10.2. The summed E-state index contributed by atoms with van der Waals surface area (Å²) < 4.78 is 0. The predicted molar refractivity (Wildman–Crippen MR) is 59.5 cm³/mol. The number of aliphatic hydroxyl groups is 1. The summed E-state index contributed by atoms with van der Waals surface area (Å²) in [5, 5.41) is 10.2. The molecule has 1 rings (SSSR count). The largest absolute Gasteiger partial charge is 0.375 e. The lowest BCUT2D eigenvalue weighted by molar-refractivity contribution is 0.130. The summed E-state index contributed by atoms with van der Waals surface area (Å²) in [6, 6.07) is 6.76. The number of rotatable bonds is 3. The van der Waals surface area contributed by atoms with Crippen molar-refractivity contribution in [2.24, 2.45) is 5.73 Å². The number of hydrazine groups is 1. The van der Waals surface area contributed by atoms with Gasteiger partial charge in [-0.25, -0.2) is 5.43 Å². The maximum absolute atomic E-state index is 9.53. The van der Waals surface area contributed by atoms with Gasteiger partial charge in [0.2, 0.25) is 0 Å². The molecule has 0 spiro atoms. The lowest BCUT2D eigenvalue weighted by atomic mass is 10.2. The van der Waals surface area contributed by atoms with Gasteiger partial charge in [-0.05, 0) is 29.9 Å². The molecule has 5 N–H and O–H groups in total. The number of halogens is 1. The first kappa shape index (κ1) is 11.2. The molecule has 0 saturated heterocycles. The van der Waals surface area contributed by atoms with Crippen LogP contribution in [0.15, 0.2) is 24.3 Å². The van der Waals surface area contributed by atoms with Crippen LogP contribution in [0.5, 0.6) is 0 Å². The van der Waals surface area contributed by atoms with E-state index >= 15 is 0 Å². The molecule has 6 heteroatoms. The van der Waals surface area contributed by atoms with Crippen molar-refractivity contribution in [3.8, 4) is 0 Å². The molecule has 0 aromatic heterocycles. The monoisotopic (exact) mass is 231 g/mol. The second-order valence-corrected chi connectivity index (χ2v) is 3.46. The minimum atomic E-state index is -0.881. The van der Waals surface area contributed by atoms with Crippen molar-refractivity contribution in [1.82, 2.24) is 10.9 Å². The SMILES string of the molecule is NC(=S)NNC(O)c1ccc(Cl)cc1. The number of nitrogens with two attached hydrogens (primary N) is 1. The van der Waals surface area contributed by atoms with E-state index < -0.39 is 6.23 Å². The first-order chi connectivity index (χ1) is 6.59. The van der Waals surface area contributed by atoms with Crippen LogP contribution in [0.3, 0.4) is 0 Å². The van der Waals surface area contributed by atoms with E-state index in [-0.39, 0.29) is 5.11 Å². The average molecular weight is 232 g/mol. The van der Waals surface area contributed by atoms with Gasteiger partial charge in [0.15, 0.2) is 5.11 Å². The summed E-state index contributed by atoms with van der Waals surface area (Å²) in [7, 11) is 0.